The van der Waals surface area contributed by atoms with Crippen LogP contribution in [-0.4, -0.2) is 36.3 Å². The molecular weight excluding hydrogens is 398 g/mol. The van der Waals surface area contributed by atoms with Gasteiger partial charge in [0.15, 0.2) is 5.78 Å². The number of rotatable bonds is 5. The topological polar surface area (TPSA) is 46.6 Å². The second-order valence-electron chi connectivity index (χ2n) is 11.8. The van der Waals surface area contributed by atoms with Gasteiger partial charge in [0.2, 0.25) is 0 Å². The van der Waals surface area contributed by atoms with Crippen LogP contribution in [0, 0.1) is 34.5 Å². The summed E-state index contributed by atoms with van der Waals surface area (Å²) in [7, 11) is 0. The van der Waals surface area contributed by atoms with E-state index in [2.05, 4.69) is 30.9 Å². The summed E-state index contributed by atoms with van der Waals surface area (Å²) < 4.78 is 5.86. The van der Waals surface area contributed by atoms with Crippen LogP contribution in [0.1, 0.15) is 85.0 Å². The van der Waals surface area contributed by atoms with Gasteiger partial charge in [0.25, 0.3) is 0 Å². The van der Waals surface area contributed by atoms with Gasteiger partial charge in [-0.05, 0) is 118 Å². The lowest BCUT2D eigenvalue weighted by Crippen LogP contribution is -2.52. The molecule has 2 saturated carbocycles. The molecule has 0 bridgehead atoms. The fraction of sp³-hybridized carbons (Fsp3) is 0.786. The number of carbonyl (C=O) groups excluding carboxylic acids is 2. The Kier molecular flexibility index (Phi) is 5.89. The van der Waals surface area contributed by atoms with Crippen molar-refractivity contribution in [3.8, 4) is 0 Å². The van der Waals surface area contributed by atoms with Gasteiger partial charge < -0.3 is 9.64 Å². The SMILES string of the molecule is CC(=O)C1=CC[C@H]2[C@@H]3CC[C@H]4C=C(OC(=O)CCN5CCCC5)CC[C@]4(C)[C@H]3CC[C@]12C. The molecule has 32 heavy (non-hydrogen) atoms. The van der Waals surface area contributed by atoms with E-state index in [1.807, 2.05) is 0 Å². The van der Waals surface area contributed by atoms with Gasteiger partial charge in [-0.1, -0.05) is 19.9 Å². The van der Waals surface area contributed by atoms with Gasteiger partial charge in [-0.2, -0.15) is 0 Å². The van der Waals surface area contributed by atoms with Crippen molar-refractivity contribution in [2.45, 2.75) is 85.0 Å². The second kappa shape index (κ2) is 8.42. The maximum absolute atomic E-state index is 12.5. The Morgan fingerprint density at radius 2 is 1.88 bits per heavy atom. The van der Waals surface area contributed by atoms with E-state index in [0.717, 1.165) is 68.5 Å². The van der Waals surface area contributed by atoms with Gasteiger partial charge in [0.1, 0.15) is 5.76 Å². The van der Waals surface area contributed by atoms with Crippen LogP contribution in [0.3, 0.4) is 0 Å². The molecule has 4 nitrogen and oxygen atoms in total. The second-order valence-corrected chi connectivity index (χ2v) is 11.8. The van der Waals surface area contributed by atoms with Crippen LogP contribution in [0.2, 0.25) is 0 Å². The molecule has 1 aliphatic heterocycles. The van der Waals surface area contributed by atoms with E-state index in [4.69, 9.17) is 4.74 Å². The number of hydrogen-bond donors (Lipinski definition) is 0. The molecule has 3 fully saturated rings. The third-order valence-corrected chi connectivity index (χ3v) is 10.3. The van der Waals surface area contributed by atoms with Crippen molar-refractivity contribution in [2.75, 3.05) is 19.6 Å². The van der Waals surface area contributed by atoms with Crippen LogP contribution < -0.4 is 0 Å². The minimum Gasteiger partial charge on any atom is -0.431 e. The van der Waals surface area contributed by atoms with E-state index in [9.17, 15) is 9.59 Å². The molecule has 0 aromatic heterocycles. The number of nitrogens with zero attached hydrogens (tertiary/aromatic N) is 1. The Balaban J connectivity index is 1.24. The summed E-state index contributed by atoms with van der Waals surface area (Å²) in [5.41, 5.74) is 1.51. The minimum atomic E-state index is -0.0531. The number of ether oxygens (including phenoxy) is 1. The normalized spacial score (nSPS) is 41.2. The molecule has 5 rings (SSSR count). The van der Waals surface area contributed by atoms with Crippen molar-refractivity contribution in [2.24, 2.45) is 34.5 Å². The van der Waals surface area contributed by atoms with Crippen molar-refractivity contribution in [3.05, 3.63) is 23.5 Å². The lowest BCUT2D eigenvalue weighted by Gasteiger charge is -2.59. The number of Topliss-reactive ketones (excluding diaryl/α,β-unsaturated/α-hetero) is 1. The van der Waals surface area contributed by atoms with E-state index in [0.29, 0.717) is 23.7 Å². The van der Waals surface area contributed by atoms with E-state index in [1.165, 1.54) is 32.1 Å². The first-order valence-corrected chi connectivity index (χ1v) is 13.2. The Hall–Kier alpha value is -1.42. The van der Waals surface area contributed by atoms with Crippen molar-refractivity contribution in [3.63, 3.8) is 0 Å². The third-order valence-electron chi connectivity index (χ3n) is 10.3. The maximum atomic E-state index is 12.5. The highest BCUT2D eigenvalue weighted by Gasteiger charge is 2.58. The van der Waals surface area contributed by atoms with Crippen molar-refractivity contribution >= 4 is 11.8 Å². The Bertz CT molecular complexity index is 838. The molecular formula is C28H41NO3. The summed E-state index contributed by atoms with van der Waals surface area (Å²) in [5, 5.41) is 0. The monoisotopic (exact) mass is 439 g/mol. The van der Waals surface area contributed by atoms with Gasteiger partial charge in [-0.15, -0.1) is 0 Å². The predicted molar refractivity (Wildman–Crippen MR) is 126 cm³/mol. The van der Waals surface area contributed by atoms with Crippen LogP contribution in [0.5, 0.6) is 0 Å². The van der Waals surface area contributed by atoms with E-state index < -0.39 is 0 Å². The highest BCUT2D eigenvalue weighted by Crippen LogP contribution is 2.66. The van der Waals surface area contributed by atoms with E-state index in [-0.39, 0.29) is 17.2 Å². The first-order chi connectivity index (χ1) is 15.3. The van der Waals surface area contributed by atoms with Crippen LogP contribution in [0.4, 0.5) is 0 Å². The van der Waals surface area contributed by atoms with Crippen LogP contribution in [0.25, 0.3) is 0 Å². The summed E-state index contributed by atoms with van der Waals surface area (Å²) in [6.45, 7) is 9.72. The fourth-order valence-electron chi connectivity index (χ4n) is 8.48. The van der Waals surface area contributed by atoms with Crippen molar-refractivity contribution < 1.29 is 14.3 Å². The average Bonchev–Trinajstić information content (AvgIpc) is 3.39. The minimum absolute atomic E-state index is 0.0531. The molecule has 0 aromatic rings. The molecule has 0 N–H and O–H groups in total. The first-order valence-electron chi connectivity index (χ1n) is 13.2. The molecule has 1 heterocycles. The molecule has 0 spiro atoms. The highest BCUT2D eigenvalue weighted by atomic mass is 16.5. The maximum Gasteiger partial charge on any atom is 0.312 e. The molecule has 6 atom stereocenters. The Morgan fingerprint density at radius 1 is 1.09 bits per heavy atom. The molecule has 4 aliphatic carbocycles. The zero-order valence-corrected chi connectivity index (χ0v) is 20.3. The van der Waals surface area contributed by atoms with Crippen LogP contribution in [-0.2, 0) is 14.3 Å². The largest absolute Gasteiger partial charge is 0.431 e. The lowest BCUT2D eigenvalue weighted by molar-refractivity contribution is -0.141. The lowest BCUT2D eigenvalue weighted by atomic mass is 9.45. The zero-order valence-electron chi connectivity index (χ0n) is 20.3. The quantitative estimate of drug-likeness (QED) is 0.517. The fourth-order valence-corrected chi connectivity index (χ4v) is 8.48. The molecule has 0 unspecified atom stereocenters. The molecule has 176 valence electrons. The summed E-state index contributed by atoms with van der Waals surface area (Å²) in [4.78, 5) is 27.1. The standard InChI is InChI=1S/C28H41NO3/c1-19(30)23-8-9-24-22-7-6-20-18-21(32-26(31)12-17-29-15-4-5-16-29)10-13-27(20,2)25(22)11-14-28(23,24)3/h8,18,20,22,24-25H,4-7,9-17H2,1-3H3/t20-,22-,24-,25-,27-,28+/m0/s1. The number of carbonyl (C=O) groups is 2. The summed E-state index contributed by atoms with van der Waals surface area (Å²) in [6.07, 6.45) is 15.5. The van der Waals surface area contributed by atoms with E-state index >= 15 is 0 Å². The van der Waals surface area contributed by atoms with Crippen LogP contribution in [0.15, 0.2) is 23.5 Å². The molecule has 4 heteroatoms. The molecule has 0 amide bonds. The molecule has 1 saturated heterocycles. The summed E-state index contributed by atoms with van der Waals surface area (Å²) in [5.74, 6) is 3.76. The highest BCUT2D eigenvalue weighted by molar-refractivity contribution is 5.95. The summed E-state index contributed by atoms with van der Waals surface area (Å²) >= 11 is 0. The van der Waals surface area contributed by atoms with Crippen LogP contribution >= 0.6 is 0 Å². The number of esters is 1. The zero-order chi connectivity index (χ0) is 22.5. The molecule has 0 aromatic carbocycles. The van der Waals surface area contributed by atoms with Gasteiger partial charge in [-0.3, -0.25) is 9.59 Å². The van der Waals surface area contributed by atoms with Gasteiger partial charge >= 0.3 is 5.97 Å². The predicted octanol–water partition coefficient (Wildman–Crippen LogP) is 5.68. The van der Waals surface area contributed by atoms with Crippen molar-refractivity contribution in [1.29, 1.82) is 0 Å². The number of allylic oxidation sites excluding steroid dienone is 4. The number of ketones is 1. The molecule has 5 aliphatic rings. The smallest absolute Gasteiger partial charge is 0.312 e. The Morgan fingerprint density at radius 3 is 2.62 bits per heavy atom. The van der Waals surface area contributed by atoms with Gasteiger partial charge in [0, 0.05) is 13.0 Å². The van der Waals surface area contributed by atoms with Gasteiger partial charge in [-0.25, -0.2) is 0 Å². The van der Waals surface area contributed by atoms with E-state index in [1.54, 1.807) is 6.92 Å². The van der Waals surface area contributed by atoms with Gasteiger partial charge in [0.05, 0.1) is 6.42 Å². The third kappa shape index (κ3) is 3.71. The van der Waals surface area contributed by atoms with Crippen molar-refractivity contribution in [1.82, 2.24) is 4.90 Å². The summed E-state index contributed by atoms with van der Waals surface area (Å²) in [6, 6.07) is 0. The number of fused-ring (bicyclic) bond motifs is 5. The molecule has 0 radical (unpaired) electrons. The Labute approximate surface area is 193 Å². The average molecular weight is 440 g/mol. The number of likely N-dealkylation sites (tertiary alicyclic amines) is 1. The first kappa shape index (κ1) is 22.4. The number of hydrogen-bond acceptors (Lipinski definition) is 4.